The Morgan fingerprint density at radius 1 is 0.812 bits per heavy atom. The second kappa shape index (κ2) is 16.6. The molecule has 0 radical (unpaired) electrons. The van der Waals surface area contributed by atoms with Gasteiger partial charge < -0.3 is 14.4 Å². The van der Waals surface area contributed by atoms with Gasteiger partial charge in [-0.3, -0.25) is 9.59 Å². The van der Waals surface area contributed by atoms with Gasteiger partial charge in [0.15, 0.2) is 0 Å². The Hall–Kier alpha value is -0.940. The van der Waals surface area contributed by atoms with Crippen LogP contribution in [0.1, 0.15) is 119 Å². The number of Topliss-reactive ketones (excluding diaryl/α,β-unsaturated/α-hetero) is 1. The number of rotatable bonds is 18. The summed E-state index contributed by atoms with van der Waals surface area (Å²) in [5.74, 6) is 1.10. The van der Waals surface area contributed by atoms with Crippen LogP contribution in [0.3, 0.4) is 0 Å². The van der Waals surface area contributed by atoms with Crippen molar-refractivity contribution in [2.45, 2.75) is 143 Å². The van der Waals surface area contributed by atoms with Gasteiger partial charge in [0, 0.05) is 25.8 Å². The van der Waals surface area contributed by atoms with Crippen LogP contribution in [0.2, 0.25) is 0 Å². The monoisotopic (exact) mass is 453 g/mol. The Labute approximate surface area is 198 Å². The standard InChI is InChI=1S/C27H51NO4/c1-21(2)14-12-10-8-7-9-11-13-15-25(29)16-17-27(30)28-19-26(32-23(5)6)18-24(28)20-31-22(3)4/h21-24,26H,7-20H2,1-6H3/t24?,26-/m1/s1. The van der Waals surface area contributed by atoms with E-state index in [-0.39, 0.29) is 36.0 Å². The van der Waals surface area contributed by atoms with Gasteiger partial charge in [-0.15, -0.1) is 0 Å². The predicted octanol–water partition coefficient (Wildman–Crippen LogP) is 6.32. The fourth-order valence-electron chi connectivity index (χ4n) is 4.40. The molecule has 0 aromatic rings. The maximum atomic E-state index is 12.8. The molecule has 0 saturated carbocycles. The van der Waals surface area contributed by atoms with Crippen molar-refractivity contribution in [3.05, 3.63) is 0 Å². The maximum Gasteiger partial charge on any atom is 0.223 e. The summed E-state index contributed by atoms with van der Waals surface area (Å²) in [5.41, 5.74) is 0. The Morgan fingerprint density at radius 2 is 1.44 bits per heavy atom. The smallest absolute Gasteiger partial charge is 0.223 e. The highest BCUT2D eigenvalue weighted by Crippen LogP contribution is 2.24. The molecule has 0 bridgehead atoms. The van der Waals surface area contributed by atoms with E-state index in [0.717, 1.165) is 25.2 Å². The summed E-state index contributed by atoms with van der Waals surface area (Å²) in [5, 5.41) is 0. The second-order valence-corrected chi connectivity index (χ2v) is 10.6. The lowest BCUT2D eigenvalue weighted by Gasteiger charge is -2.25. The number of carbonyl (C=O) groups excluding carboxylic acids is 2. The molecule has 1 saturated heterocycles. The molecular formula is C27H51NO4. The quantitative estimate of drug-likeness (QED) is 0.228. The molecule has 1 heterocycles. The Morgan fingerprint density at radius 3 is 2.03 bits per heavy atom. The number of hydrogen-bond donors (Lipinski definition) is 0. The molecule has 1 amide bonds. The van der Waals surface area contributed by atoms with Gasteiger partial charge in [0.2, 0.25) is 5.91 Å². The average Bonchev–Trinajstić information content (AvgIpc) is 3.10. The van der Waals surface area contributed by atoms with Gasteiger partial charge in [0.25, 0.3) is 0 Å². The van der Waals surface area contributed by atoms with Crippen LogP contribution in [0.4, 0.5) is 0 Å². The largest absolute Gasteiger partial charge is 0.377 e. The van der Waals surface area contributed by atoms with Gasteiger partial charge in [-0.2, -0.15) is 0 Å². The third-order valence-electron chi connectivity index (χ3n) is 6.14. The highest BCUT2D eigenvalue weighted by Gasteiger charge is 2.36. The number of carbonyl (C=O) groups is 2. The normalized spacial score (nSPS) is 19.0. The molecule has 0 N–H and O–H groups in total. The first-order valence-corrected chi connectivity index (χ1v) is 13.3. The number of ketones is 1. The van der Waals surface area contributed by atoms with E-state index in [1.807, 2.05) is 32.6 Å². The first-order valence-electron chi connectivity index (χ1n) is 13.3. The van der Waals surface area contributed by atoms with Gasteiger partial charge in [-0.1, -0.05) is 58.8 Å². The fraction of sp³-hybridized carbons (Fsp3) is 0.926. The summed E-state index contributed by atoms with van der Waals surface area (Å²) in [4.78, 5) is 27.0. The van der Waals surface area contributed by atoms with E-state index in [1.165, 1.54) is 38.5 Å². The van der Waals surface area contributed by atoms with E-state index in [0.29, 0.717) is 32.4 Å². The number of unbranched alkanes of at least 4 members (excludes halogenated alkanes) is 6. The molecule has 32 heavy (non-hydrogen) atoms. The SMILES string of the molecule is CC(C)CCCCCCCCCC(=O)CCC(=O)N1C[C@H](OC(C)C)CC1COC(C)C. The van der Waals surface area contributed by atoms with Crippen molar-refractivity contribution in [2.24, 2.45) is 5.92 Å². The van der Waals surface area contributed by atoms with Crippen molar-refractivity contribution in [2.75, 3.05) is 13.2 Å². The molecule has 0 aromatic carbocycles. The zero-order chi connectivity index (χ0) is 23.9. The van der Waals surface area contributed by atoms with E-state index >= 15 is 0 Å². The van der Waals surface area contributed by atoms with Crippen LogP contribution in [0.25, 0.3) is 0 Å². The van der Waals surface area contributed by atoms with Crippen LogP contribution in [0, 0.1) is 5.92 Å². The predicted molar refractivity (Wildman–Crippen MR) is 132 cm³/mol. The van der Waals surface area contributed by atoms with Gasteiger partial charge >= 0.3 is 0 Å². The van der Waals surface area contributed by atoms with Crippen LogP contribution < -0.4 is 0 Å². The highest BCUT2D eigenvalue weighted by atomic mass is 16.5. The van der Waals surface area contributed by atoms with Gasteiger partial charge in [0.05, 0.1) is 31.0 Å². The molecule has 0 aliphatic carbocycles. The van der Waals surface area contributed by atoms with Crippen molar-refractivity contribution in [3.8, 4) is 0 Å². The fourth-order valence-corrected chi connectivity index (χ4v) is 4.40. The molecule has 1 aliphatic heterocycles. The minimum absolute atomic E-state index is 0.0456. The topological polar surface area (TPSA) is 55.8 Å². The van der Waals surface area contributed by atoms with Crippen LogP contribution >= 0.6 is 0 Å². The number of nitrogens with zero attached hydrogens (tertiary/aromatic N) is 1. The lowest BCUT2D eigenvalue weighted by atomic mass is 10.0. The maximum absolute atomic E-state index is 12.8. The van der Waals surface area contributed by atoms with Crippen molar-refractivity contribution in [1.82, 2.24) is 4.90 Å². The van der Waals surface area contributed by atoms with E-state index < -0.39 is 0 Å². The van der Waals surface area contributed by atoms with Crippen LogP contribution in [-0.2, 0) is 19.1 Å². The Kier molecular flexibility index (Phi) is 15.1. The summed E-state index contributed by atoms with van der Waals surface area (Å²) < 4.78 is 11.7. The molecule has 0 aromatic heterocycles. The van der Waals surface area contributed by atoms with Gasteiger partial charge in [-0.25, -0.2) is 0 Å². The van der Waals surface area contributed by atoms with Crippen molar-refractivity contribution < 1.29 is 19.1 Å². The van der Waals surface area contributed by atoms with Gasteiger partial charge in [0.1, 0.15) is 5.78 Å². The summed E-state index contributed by atoms with van der Waals surface area (Å²) in [7, 11) is 0. The molecule has 0 spiro atoms. The third kappa shape index (κ3) is 13.6. The molecule has 1 rings (SSSR count). The van der Waals surface area contributed by atoms with Crippen LogP contribution in [0.15, 0.2) is 0 Å². The summed E-state index contributed by atoms with van der Waals surface area (Å²) in [6, 6.07) is 0.0456. The minimum atomic E-state index is 0.0456. The van der Waals surface area contributed by atoms with Gasteiger partial charge in [-0.05, 0) is 46.5 Å². The van der Waals surface area contributed by atoms with Crippen molar-refractivity contribution >= 4 is 11.7 Å². The molecule has 1 unspecified atom stereocenters. The molecule has 5 heteroatoms. The number of likely N-dealkylation sites (tertiary alicyclic amines) is 1. The summed E-state index contributed by atoms with van der Waals surface area (Å²) in [6.45, 7) is 13.8. The first kappa shape index (κ1) is 29.1. The van der Waals surface area contributed by atoms with E-state index in [1.54, 1.807) is 0 Å². The molecular weight excluding hydrogens is 402 g/mol. The molecule has 1 fully saturated rings. The zero-order valence-electron chi connectivity index (χ0n) is 21.9. The van der Waals surface area contributed by atoms with E-state index in [9.17, 15) is 9.59 Å². The number of hydrogen-bond acceptors (Lipinski definition) is 4. The first-order chi connectivity index (χ1) is 15.2. The second-order valence-electron chi connectivity index (χ2n) is 10.6. The van der Waals surface area contributed by atoms with Crippen LogP contribution in [0.5, 0.6) is 0 Å². The highest BCUT2D eigenvalue weighted by molar-refractivity contribution is 5.85. The average molecular weight is 454 g/mol. The van der Waals surface area contributed by atoms with E-state index in [2.05, 4.69) is 13.8 Å². The molecule has 5 nitrogen and oxygen atoms in total. The van der Waals surface area contributed by atoms with Crippen molar-refractivity contribution in [1.29, 1.82) is 0 Å². The lowest BCUT2D eigenvalue weighted by molar-refractivity contribution is -0.135. The van der Waals surface area contributed by atoms with E-state index in [4.69, 9.17) is 9.47 Å². The molecule has 188 valence electrons. The van der Waals surface area contributed by atoms with Crippen molar-refractivity contribution in [3.63, 3.8) is 0 Å². The lowest BCUT2D eigenvalue weighted by Crippen LogP contribution is -2.39. The molecule has 1 aliphatic rings. The Bertz CT molecular complexity index is 518. The Balaban J connectivity index is 2.23. The number of ether oxygens (including phenoxy) is 2. The summed E-state index contributed by atoms with van der Waals surface area (Å²) >= 11 is 0. The number of amides is 1. The summed E-state index contributed by atoms with van der Waals surface area (Å²) in [6.07, 6.45) is 12.3. The minimum Gasteiger partial charge on any atom is -0.377 e. The molecule has 2 atom stereocenters. The zero-order valence-corrected chi connectivity index (χ0v) is 21.9. The third-order valence-corrected chi connectivity index (χ3v) is 6.14. The van der Waals surface area contributed by atoms with Crippen LogP contribution in [-0.4, -0.2) is 54.1 Å².